The summed E-state index contributed by atoms with van der Waals surface area (Å²) in [6.07, 6.45) is 0.988. The fourth-order valence-electron chi connectivity index (χ4n) is 1.43. The van der Waals surface area contributed by atoms with Crippen molar-refractivity contribution >= 4 is 23.2 Å². The number of carbonyl (C=O) groups is 1. The molecule has 0 radical (unpaired) electrons. The Morgan fingerprint density at radius 2 is 2.12 bits per heavy atom. The van der Waals surface area contributed by atoms with Gasteiger partial charge in [-0.05, 0) is 31.5 Å². The molecule has 0 bridgehead atoms. The van der Waals surface area contributed by atoms with Crippen molar-refractivity contribution in [3.63, 3.8) is 0 Å². The maximum atomic E-state index is 12.0. The minimum Gasteiger partial charge on any atom is -0.382 e. The highest BCUT2D eigenvalue weighted by atomic mass is 35.5. The van der Waals surface area contributed by atoms with Crippen LogP contribution >= 0.6 is 11.6 Å². The quantitative estimate of drug-likeness (QED) is 0.895. The number of nitrogens with one attached hydrogen (secondary N) is 1. The Balaban J connectivity index is 3.07. The third-order valence-corrected chi connectivity index (χ3v) is 2.87. The summed E-state index contributed by atoms with van der Waals surface area (Å²) in [6, 6.07) is 5.60. The van der Waals surface area contributed by atoms with Crippen LogP contribution in [-0.2, 0) is 0 Å². The molecule has 1 rings (SSSR count). The molecule has 0 aliphatic carbocycles. The van der Waals surface area contributed by atoms with E-state index in [-0.39, 0.29) is 5.91 Å². The summed E-state index contributed by atoms with van der Waals surface area (Å²) < 4.78 is 0. The maximum Gasteiger partial charge on any atom is 0.255 e. The van der Waals surface area contributed by atoms with Crippen LogP contribution in [0.3, 0.4) is 0 Å². The van der Waals surface area contributed by atoms with E-state index in [2.05, 4.69) is 19.2 Å². The van der Waals surface area contributed by atoms with Crippen molar-refractivity contribution in [2.75, 3.05) is 19.4 Å². The van der Waals surface area contributed by atoms with Crippen LogP contribution in [0, 0.1) is 0 Å². The molecule has 1 aromatic rings. The number of nitrogens with zero attached hydrogens (tertiary/aromatic N) is 1. The number of amides is 1. The molecular weight excluding hydrogens is 236 g/mol. The average molecular weight is 255 g/mol. The highest BCUT2D eigenvalue weighted by molar-refractivity contribution is 6.31. The molecule has 1 atom stereocenters. The average Bonchev–Trinajstić information content (AvgIpc) is 2.28. The summed E-state index contributed by atoms with van der Waals surface area (Å²) in [5.41, 5.74) is 1.45. The Labute approximate surface area is 108 Å². The second-order valence-corrected chi connectivity index (χ2v) is 4.78. The van der Waals surface area contributed by atoms with E-state index in [1.807, 2.05) is 0 Å². The van der Waals surface area contributed by atoms with Crippen molar-refractivity contribution < 1.29 is 4.79 Å². The van der Waals surface area contributed by atoms with E-state index in [1.165, 1.54) is 0 Å². The van der Waals surface area contributed by atoms with Gasteiger partial charge in [0, 0.05) is 30.8 Å². The van der Waals surface area contributed by atoms with Gasteiger partial charge in [0.1, 0.15) is 0 Å². The highest BCUT2D eigenvalue weighted by Crippen LogP contribution is 2.23. The smallest absolute Gasteiger partial charge is 0.255 e. The molecular formula is C13H19ClN2O. The monoisotopic (exact) mass is 254 g/mol. The number of hydrogen-bond acceptors (Lipinski definition) is 2. The van der Waals surface area contributed by atoms with Gasteiger partial charge in [-0.2, -0.15) is 0 Å². The van der Waals surface area contributed by atoms with Crippen LogP contribution in [0.1, 0.15) is 30.6 Å². The Morgan fingerprint density at radius 1 is 1.47 bits per heavy atom. The topological polar surface area (TPSA) is 32.3 Å². The van der Waals surface area contributed by atoms with Gasteiger partial charge in [0.25, 0.3) is 5.91 Å². The zero-order chi connectivity index (χ0) is 13.0. The largest absolute Gasteiger partial charge is 0.382 e. The Bertz CT molecular complexity index is 404. The first-order valence-corrected chi connectivity index (χ1v) is 6.11. The predicted molar refractivity (Wildman–Crippen MR) is 72.8 cm³/mol. The summed E-state index contributed by atoms with van der Waals surface area (Å²) in [5.74, 6) is -0.0209. The van der Waals surface area contributed by atoms with Crippen LogP contribution in [-0.4, -0.2) is 30.9 Å². The first kappa shape index (κ1) is 13.8. The lowest BCUT2D eigenvalue weighted by Gasteiger charge is -2.18. The fraction of sp³-hybridized carbons (Fsp3) is 0.462. The van der Waals surface area contributed by atoms with Gasteiger partial charge in [0.15, 0.2) is 0 Å². The van der Waals surface area contributed by atoms with Crippen molar-refractivity contribution in [1.29, 1.82) is 0 Å². The molecule has 1 N–H and O–H groups in total. The fourth-order valence-corrected chi connectivity index (χ4v) is 1.60. The molecule has 0 heterocycles. The third kappa shape index (κ3) is 3.63. The number of carbonyl (C=O) groups excluding carboxylic acids is 1. The molecule has 4 heteroatoms. The van der Waals surface area contributed by atoms with Crippen molar-refractivity contribution in [2.24, 2.45) is 0 Å². The highest BCUT2D eigenvalue weighted by Gasteiger charge is 2.14. The first-order valence-electron chi connectivity index (χ1n) is 5.73. The lowest BCUT2D eigenvalue weighted by atomic mass is 10.1. The molecule has 0 aliphatic rings. The molecule has 1 aromatic carbocycles. The molecule has 0 saturated carbocycles. The Hall–Kier alpha value is -1.22. The minimum atomic E-state index is -0.0209. The number of halogens is 1. The molecule has 0 fully saturated rings. The molecule has 1 unspecified atom stereocenters. The molecule has 0 aromatic heterocycles. The number of hydrogen-bond donors (Lipinski definition) is 1. The van der Waals surface area contributed by atoms with E-state index in [0.29, 0.717) is 16.6 Å². The number of anilines is 1. The molecule has 0 aliphatic heterocycles. The van der Waals surface area contributed by atoms with Crippen LogP contribution < -0.4 is 5.32 Å². The van der Waals surface area contributed by atoms with Gasteiger partial charge in [-0.25, -0.2) is 0 Å². The Morgan fingerprint density at radius 3 is 2.65 bits per heavy atom. The van der Waals surface area contributed by atoms with E-state index in [0.717, 1.165) is 12.1 Å². The maximum absolute atomic E-state index is 12.0. The lowest BCUT2D eigenvalue weighted by Crippen LogP contribution is -2.24. The van der Waals surface area contributed by atoms with E-state index in [9.17, 15) is 4.79 Å². The van der Waals surface area contributed by atoms with Gasteiger partial charge < -0.3 is 10.2 Å². The van der Waals surface area contributed by atoms with Crippen molar-refractivity contribution in [3.8, 4) is 0 Å². The van der Waals surface area contributed by atoms with E-state index >= 15 is 0 Å². The van der Waals surface area contributed by atoms with Crippen molar-refractivity contribution in [3.05, 3.63) is 28.8 Å². The van der Waals surface area contributed by atoms with E-state index < -0.39 is 0 Å². The number of benzene rings is 1. The molecule has 17 heavy (non-hydrogen) atoms. The van der Waals surface area contributed by atoms with Gasteiger partial charge in [0.05, 0.1) is 5.56 Å². The summed E-state index contributed by atoms with van der Waals surface area (Å²) in [4.78, 5) is 13.5. The summed E-state index contributed by atoms with van der Waals surface area (Å²) in [7, 11) is 3.48. The van der Waals surface area contributed by atoms with Crippen LogP contribution in [0.2, 0.25) is 5.02 Å². The lowest BCUT2D eigenvalue weighted by molar-refractivity contribution is 0.0828. The zero-order valence-corrected chi connectivity index (χ0v) is 11.5. The Kier molecular flexibility index (Phi) is 4.82. The summed E-state index contributed by atoms with van der Waals surface area (Å²) in [6.45, 7) is 4.17. The normalized spacial score (nSPS) is 12.1. The van der Waals surface area contributed by atoms with Gasteiger partial charge >= 0.3 is 0 Å². The zero-order valence-electron chi connectivity index (χ0n) is 10.7. The molecule has 3 nitrogen and oxygen atoms in total. The van der Waals surface area contributed by atoms with Gasteiger partial charge in [-0.1, -0.05) is 18.5 Å². The van der Waals surface area contributed by atoms with Crippen molar-refractivity contribution in [2.45, 2.75) is 26.3 Å². The molecule has 1 amide bonds. The number of rotatable bonds is 4. The molecule has 94 valence electrons. The SMILES string of the molecule is CCC(C)Nc1cc(Cl)ccc1C(=O)N(C)C. The third-order valence-electron chi connectivity index (χ3n) is 2.63. The van der Waals surface area contributed by atoms with Gasteiger partial charge in [-0.15, -0.1) is 0 Å². The van der Waals surface area contributed by atoms with Crippen molar-refractivity contribution in [1.82, 2.24) is 4.90 Å². The van der Waals surface area contributed by atoms with Gasteiger partial charge in [-0.3, -0.25) is 4.79 Å². The second-order valence-electron chi connectivity index (χ2n) is 4.34. The minimum absolute atomic E-state index is 0.0209. The van der Waals surface area contributed by atoms with Crippen LogP contribution in [0.5, 0.6) is 0 Å². The summed E-state index contributed by atoms with van der Waals surface area (Å²) >= 11 is 5.96. The molecule has 0 spiro atoms. The predicted octanol–water partition coefficient (Wildman–Crippen LogP) is 3.25. The summed E-state index contributed by atoms with van der Waals surface area (Å²) in [5, 5.41) is 3.94. The standard InChI is InChI=1S/C13H19ClN2O/c1-5-9(2)15-12-8-10(14)6-7-11(12)13(17)16(3)4/h6-9,15H,5H2,1-4H3. The molecule has 0 saturated heterocycles. The van der Waals surface area contributed by atoms with E-state index in [1.54, 1.807) is 37.2 Å². The van der Waals surface area contributed by atoms with E-state index in [4.69, 9.17) is 11.6 Å². The van der Waals surface area contributed by atoms with Gasteiger partial charge in [0.2, 0.25) is 0 Å². The van der Waals surface area contributed by atoms with Crippen LogP contribution in [0.4, 0.5) is 5.69 Å². The van der Waals surface area contributed by atoms with Crippen LogP contribution in [0.15, 0.2) is 18.2 Å². The van der Waals surface area contributed by atoms with Crippen LogP contribution in [0.25, 0.3) is 0 Å². The second kappa shape index (κ2) is 5.92. The first-order chi connectivity index (χ1) is 7.95.